The molecule has 0 radical (unpaired) electrons. The van der Waals surface area contributed by atoms with Crippen LogP contribution in [0.15, 0.2) is 12.1 Å². The Balaban J connectivity index is 2.04. The van der Waals surface area contributed by atoms with E-state index < -0.39 is 11.9 Å². The Labute approximate surface area is 132 Å². The summed E-state index contributed by atoms with van der Waals surface area (Å²) in [6.07, 6.45) is 1.51. The van der Waals surface area contributed by atoms with Crippen molar-refractivity contribution in [1.82, 2.24) is 4.90 Å². The van der Waals surface area contributed by atoms with Crippen molar-refractivity contribution < 1.29 is 9.59 Å². The highest BCUT2D eigenvalue weighted by molar-refractivity contribution is 6.37. The molecule has 1 fully saturated rings. The minimum absolute atomic E-state index is 0.0615. The van der Waals surface area contributed by atoms with E-state index in [1.165, 1.54) is 12.1 Å². The van der Waals surface area contributed by atoms with Crippen LogP contribution in [-0.4, -0.2) is 35.8 Å². The Morgan fingerprint density at radius 1 is 1.38 bits per heavy atom. The summed E-state index contributed by atoms with van der Waals surface area (Å²) in [6.45, 7) is 0.719. The smallest absolute Gasteiger partial charge is 0.238 e. The van der Waals surface area contributed by atoms with E-state index in [0.717, 1.165) is 6.42 Å². The van der Waals surface area contributed by atoms with Crippen LogP contribution in [0.2, 0.25) is 10.0 Å². The molecular weight excluding hydrogens is 315 g/mol. The highest BCUT2D eigenvalue weighted by Gasteiger charge is 2.30. The molecule has 2 amide bonds. The SMILES string of the molecule is NC(=O)C1CCCN1CC(=O)Nc1c(N)cc(Cl)cc1Cl. The van der Waals surface area contributed by atoms with E-state index in [9.17, 15) is 9.59 Å². The van der Waals surface area contributed by atoms with Gasteiger partial charge in [0.05, 0.1) is 29.0 Å². The number of nitrogens with two attached hydrogens (primary N) is 2. The molecule has 1 aliphatic heterocycles. The van der Waals surface area contributed by atoms with Crippen LogP contribution < -0.4 is 16.8 Å². The molecule has 0 bridgehead atoms. The second kappa shape index (κ2) is 6.51. The van der Waals surface area contributed by atoms with E-state index in [4.69, 9.17) is 34.7 Å². The van der Waals surface area contributed by atoms with Crippen LogP contribution in [-0.2, 0) is 9.59 Å². The summed E-state index contributed by atoms with van der Waals surface area (Å²) in [5, 5.41) is 3.30. The van der Waals surface area contributed by atoms with Crippen molar-refractivity contribution in [2.24, 2.45) is 5.73 Å². The lowest BCUT2D eigenvalue weighted by molar-refractivity contribution is -0.123. The topological polar surface area (TPSA) is 101 Å². The number of hydrogen-bond donors (Lipinski definition) is 3. The number of likely N-dealkylation sites (tertiary alicyclic amines) is 1. The van der Waals surface area contributed by atoms with Gasteiger partial charge in [-0.05, 0) is 31.5 Å². The van der Waals surface area contributed by atoms with Crippen molar-refractivity contribution in [2.45, 2.75) is 18.9 Å². The largest absolute Gasteiger partial charge is 0.397 e. The van der Waals surface area contributed by atoms with Crippen LogP contribution in [0.3, 0.4) is 0 Å². The number of carbonyl (C=O) groups is 2. The molecule has 1 heterocycles. The van der Waals surface area contributed by atoms with Crippen molar-refractivity contribution in [3.05, 3.63) is 22.2 Å². The molecule has 1 aliphatic rings. The predicted octanol–water partition coefficient (Wildman–Crippen LogP) is 1.46. The second-order valence-corrected chi connectivity index (χ2v) is 5.77. The zero-order valence-corrected chi connectivity index (χ0v) is 12.7. The number of carbonyl (C=O) groups excluding carboxylic acids is 2. The van der Waals surface area contributed by atoms with Gasteiger partial charge in [-0.25, -0.2) is 0 Å². The van der Waals surface area contributed by atoms with E-state index in [1.807, 2.05) is 0 Å². The lowest BCUT2D eigenvalue weighted by Crippen LogP contribution is -2.43. The number of hydrogen-bond acceptors (Lipinski definition) is 4. The Morgan fingerprint density at radius 2 is 2.10 bits per heavy atom. The highest BCUT2D eigenvalue weighted by Crippen LogP contribution is 2.32. The lowest BCUT2D eigenvalue weighted by atomic mass is 10.2. The molecular formula is C13H16Cl2N4O2. The minimum Gasteiger partial charge on any atom is -0.397 e. The number of benzene rings is 1. The van der Waals surface area contributed by atoms with E-state index in [2.05, 4.69) is 5.32 Å². The molecule has 0 spiro atoms. The van der Waals surface area contributed by atoms with Crippen LogP contribution >= 0.6 is 23.2 Å². The van der Waals surface area contributed by atoms with Gasteiger partial charge in [0.2, 0.25) is 11.8 Å². The molecule has 114 valence electrons. The van der Waals surface area contributed by atoms with Crippen LogP contribution in [0.25, 0.3) is 0 Å². The average molecular weight is 331 g/mol. The summed E-state index contributed by atoms with van der Waals surface area (Å²) in [5.41, 5.74) is 11.7. The van der Waals surface area contributed by atoms with Crippen molar-refractivity contribution in [3.63, 3.8) is 0 Å². The third-order valence-electron chi connectivity index (χ3n) is 3.39. The molecule has 0 aliphatic carbocycles. The van der Waals surface area contributed by atoms with Gasteiger partial charge in [0.1, 0.15) is 0 Å². The zero-order valence-electron chi connectivity index (χ0n) is 11.2. The summed E-state index contributed by atoms with van der Waals surface area (Å²) in [7, 11) is 0. The quantitative estimate of drug-likeness (QED) is 0.727. The first-order chi connectivity index (χ1) is 9.88. The van der Waals surface area contributed by atoms with Crippen molar-refractivity contribution in [2.75, 3.05) is 24.1 Å². The van der Waals surface area contributed by atoms with Gasteiger partial charge in [0.15, 0.2) is 0 Å². The number of halogens is 2. The fourth-order valence-corrected chi connectivity index (χ4v) is 2.98. The number of nitrogen functional groups attached to an aromatic ring is 1. The lowest BCUT2D eigenvalue weighted by Gasteiger charge is -2.21. The number of anilines is 2. The summed E-state index contributed by atoms with van der Waals surface area (Å²) in [5.74, 6) is -0.719. The third kappa shape index (κ3) is 3.78. The van der Waals surface area contributed by atoms with Gasteiger partial charge in [-0.3, -0.25) is 14.5 Å². The molecule has 1 aromatic rings. The maximum absolute atomic E-state index is 12.1. The predicted molar refractivity (Wildman–Crippen MR) is 83.3 cm³/mol. The normalized spacial score (nSPS) is 18.7. The Morgan fingerprint density at radius 3 is 2.71 bits per heavy atom. The van der Waals surface area contributed by atoms with Gasteiger partial charge in [-0.2, -0.15) is 0 Å². The summed E-state index contributed by atoms with van der Waals surface area (Å²) >= 11 is 11.8. The number of rotatable bonds is 4. The van der Waals surface area contributed by atoms with E-state index in [-0.39, 0.29) is 23.2 Å². The Bertz CT molecular complexity index is 556. The molecule has 21 heavy (non-hydrogen) atoms. The first kappa shape index (κ1) is 15.9. The van der Waals surface area contributed by atoms with Crippen LogP contribution in [0.1, 0.15) is 12.8 Å². The molecule has 5 N–H and O–H groups in total. The highest BCUT2D eigenvalue weighted by atomic mass is 35.5. The molecule has 6 nitrogen and oxygen atoms in total. The van der Waals surface area contributed by atoms with Gasteiger partial charge in [-0.15, -0.1) is 0 Å². The molecule has 1 saturated heterocycles. The third-order valence-corrected chi connectivity index (χ3v) is 3.91. The van der Waals surface area contributed by atoms with E-state index in [1.54, 1.807) is 4.90 Å². The number of primary amides is 1. The van der Waals surface area contributed by atoms with Crippen LogP contribution in [0, 0.1) is 0 Å². The van der Waals surface area contributed by atoms with E-state index in [0.29, 0.717) is 23.7 Å². The van der Waals surface area contributed by atoms with Gasteiger partial charge in [0.25, 0.3) is 0 Å². The molecule has 0 saturated carbocycles. The monoisotopic (exact) mass is 330 g/mol. The first-order valence-corrected chi connectivity index (χ1v) is 7.22. The minimum atomic E-state index is -0.413. The second-order valence-electron chi connectivity index (χ2n) is 4.93. The maximum atomic E-state index is 12.1. The number of amides is 2. The maximum Gasteiger partial charge on any atom is 0.238 e. The summed E-state index contributed by atoms with van der Waals surface area (Å²) in [6, 6.07) is 2.61. The molecule has 8 heteroatoms. The van der Waals surface area contributed by atoms with Crippen LogP contribution in [0.4, 0.5) is 11.4 Å². The van der Waals surface area contributed by atoms with Gasteiger partial charge >= 0.3 is 0 Å². The van der Waals surface area contributed by atoms with Crippen molar-refractivity contribution in [3.8, 4) is 0 Å². The molecule has 1 unspecified atom stereocenters. The van der Waals surface area contributed by atoms with Crippen LogP contribution in [0.5, 0.6) is 0 Å². The van der Waals surface area contributed by atoms with E-state index >= 15 is 0 Å². The van der Waals surface area contributed by atoms with Crippen molar-refractivity contribution >= 4 is 46.4 Å². The first-order valence-electron chi connectivity index (χ1n) is 6.46. The van der Waals surface area contributed by atoms with Gasteiger partial charge < -0.3 is 16.8 Å². The molecule has 1 aromatic carbocycles. The molecule has 0 aromatic heterocycles. The summed E-state index contributed by atoms with van der Waals surface area (Å²) < 4.78 is 0. The standard InChI is InChI=1S/C13H16Cl2N4O2/c14-7-4-8(15)12(9(16)5-7)18-11(20)6-19-3-1-2-10(19)13(17)21/h4-5,10H,1-3,6,16H2,(H2,17,21)(H,18,20). The number of nitrogens with zero attached hydrogens (tertiary/aromatic N) is 1. The van der Waals surface area contributed by atoms with Gasteiger partial charge in [0, 0.05) is 5.02 Å². The Kier molecular flexibility index (Phi) is 4.92. The fourth-order valence-electron chi connectivity index (χ4n) is 2.43. The Hall–Kier alpha value is -1.50. The zero-order chi connectivity index (χ0) is 15.6. The average Bonchev–Trinajstić information content (AvgIpc) is 2.82. The molecule has 1 atom stereocenters. The summed E-state index contributed by atoms with van der Waals surface area (Å²) in [4.78, 5) is 25.1. The van der Waals surface area contributed by atoms with Crippen molar-refractivity contribution in [1.29, 1.82) is 0 Å². The molecule has 2 rings (SSSR count). The number of nitrogens with one attached hydrogen (secondary N) is 1. The fraction of sp³-hybridized carbons (Fsp3) is 0.385. The van der Waals surface area contributed by atoms with Gasteiger partial charge in [-0.1, -0.05) is 23.2 Å².